The van der Waals surface area contributed by atoms with Gasteiger partial charge in [0.05, 0.1) is 22.8 Å². The molecule has 0 aliphatic carbocycles. The summed E-state index contributed by atoms with van der Waals surface area (Å²) < 4.78 is 6.91. The lowest BCUT2D eigenvalue weighted by molar-refractivity contribution is 0.111. The maximum atomic E-state index is 11.0. The molecular formula is C12H12ClNO2. The standard InChI is InChI=1S/C12H12ClNO2/c1-16-6-5-14-10(8-15)7-9-3-2-4-11(13)12(9)14/h2-4,7-8H,5-6H2,1H3. The van der Waals surface area contributed by atoms with E-state index in [9.17, 15) is 4.79 Å². The second kappa shape index (κ2) is 4.68. The number of carbonyl (C=O) groups is 1. The maximum Gasteiger partial charge on any atom is 0.166 e. The SMILES string of the molecule is COCCn1c(C=O)cc2cccc(Cl)c21. The molecule has 0 amide bonds. The Balaban J connectivity index is 2.61. The molecule has 0 spiro atoms. The van der Waals surface area contributed by atoms with Gasteiger partial charge >= 0.3 is 0 Å². The lowest BCUT2D eigenvalue weighted by atomic mass is 10.2. The van der Waals surface area contributed by atoms with Crippen LogP contribution in [0.25, 0.3) is 10.9 Å². The molecule has 84 valence electrons. The van der Waals surface area contributed by atoms with E-state index in [-0.39, 0.29) is 0 Å². The molecule has 0 N–H and O–H groups in total. The van der Waals surface area contributed by atoms with E-state index in [1.165, 1.54) is 0 Å². The van der Waals surface area contributed by atoms with Crippen molar-refractivity contribution in [3.8, 4) is 0 Å². The molecule has 0 saturated carbocycles. The molecule has 1 aromatic carbocycles. The minimum Gasteiger partial charge on any atom is -0.383 e. The number of aldehydes is 1. The fraction of sp³-hybridized carbons (Fsp3) is 0.250. The van der Waals surface area contributed by atoms with Crippen molar-refractivity contribution in [1.82, 2.24) is 4.57 Å². The van der Waals surface area contributed by atoms with Gasteiger partial charge in [-0.1, -0.05) is 23.7 Å². The molecule has 0 saturated heterocycles. The van der Waals surface area contributed by atoms with Gasteiger partial charge < -0.3 is 9.30 Å². The van der Waals surface area contributed by atoms with Crippen LogP contribution in [-0.4, -0.2) is 24.6 Å². The van der Waals surface area contributed by atoms with E-state index in [0.717, 1.165) is 17.2 Å². The van der Waals surface area contributed by atoms with Crippen LogP contribution in [0.5, 0.6) is 0 Å². The highest BCUT2D eigenvalue weighted by atomic mass is 35.5. The number of rotatable bonds is 4. The van der Waals surface area contributed by atoms with Gasteiger partial charge in [0.1, 0.15) is 0 Å². The average Bonchev–Trinajstić information content (AvgIpc) is 2.65. The van der Waals surface area contributed by atoms with Gasteiger partial charge in [-0.3, -0.25) is 4.79 Å². The summed E-state index contributed by atoms with van der Waals surface area (Å²) in [5, 5.41) is 1.63. The molecule has 3 nitrogen and oxygen atoms in total. The molecule has 2 aromatic rings. The summed E-state index contributed by atoms with van der Waals surface area (Å²) in [6, 6.07) is 7.48. The summed E-state index contributed by atoms with van der Waals surface area (Å²) in [4.78, 5) is 11.0. The van der Waals surface area contributed by atoms with E-state index in [4.69, 9.17) is 16.3 Å². The fourth-order valence-corrected chi connectivity index (χ4v) is 2.10. The molecule has 0 fully saturated rings. The summed E-state index contributed by atoms with van der Waals surface area (Å²) >= 11 is 6.13. The number of benzene rings is 1. The zero-order valence-electron chi connectivity index (χ0n) is 8.94. The predicted molar refractivity (Wildman–Crippen MR) is 64.2 cm³/mol. The third-order valence-corrected chi connectivity index (χ3v) is 2.85. The van der Waals surface area contributed by atoms with E-state index in [1.54, 1.807) is 7.11 Å². The van der Waals surface area contributed by atoms with Crippen LogP contribution in [0.15, 0.2) is 24.3 Å². The van der Waals surface area contributed by atoms with Gasteiger partial charge in [0.15, 0.2) is 6.29 Å². The minimum absolute atomic E-state index is 0.551. The predicted octanol–water partition coefficient (Wildman–Crippen LogP) is 2.75. The molecule has 0 atom stereocenters. The number of hydrogen-bond acceptors (Lipinski definition) is 2. The normalized spacial score (nSPS) is 10.9. The first-order valence-electron chi connectivity index (χ1n) is 5.00. The quantitative estimate of drug-likeness (QED) is 0.766. The molecule has 0 unspecified atom stereocenters. The van der Waals surface area contributed by atoms with Gasteiger partial charge in [0, 0.05) is 19.0 Å². The maximum absolute atomic E-state index is 11.0. The zero-order valence-corrected chi connectivity index (χ0v) is 9.70. The number of nitrogens with zero attached hydrogens (tertiary/aromatic N) is 1. The molecule has 0 bridgehead atoms. The van der Waals surface area contributed by atoms with Crippen molar-refractivity contribution in [3.05, 3.63) is 35.0 Å². The number of para-hydroxylation sites is 1. The van der Waals surface area contributed by atoms with Crippen molar-refractivity contribution in [1.29, 1.82) is 0 Å². The van der Waals surface area contributed by atoms with Crippen LogP contribution in [-0.2, 0) is 11.3 Å². The van der Waals surface area contributed by atoms with Gasteiger partial charge in [-0.05, 0) is 12.1 Å². The third kappa shape index (κ3) is 1.84. The molecule has 0 aliphatic heterocycles. The van der Waals surface area contributed by atoms with Gasteiger partial charge in [-0.15, -0.1) is 0 Å². The second-order valence-electron chi connectivity index (χ2n) is 3.51. The van der Waals surface area contributed by atoms with Crippen LogP contribution in [0.2, 0.25) is 5.02 Å². The lowest BCUT2D eigenvalue weighted by Crippen LogP contribution is -2.07. The van der Waals surface area contributed by atoms with Gasteiger partial charge in [-0.2, -0.15) is 0 Å². The second-order valence-corrected chi connectivity index (χ2v) is 3.92. The highest BCUT2D eigenvalue weighted by molar-refractivity contribution is 6.35. The average molecular weight is 238 g/mol. The number of methoxy groups -OCH3 is 1. The van der Waals surface area contributed by atoms with Gasteiger partial charge in [0.2, 0.25) is 0 Å². The number of ether oxygens (including phenoxy) is 1. The number of fused-ring (bicyclic) bond motifs is 1. The van der Waals surface area contributed by atoms with E-state index in [0.29, 0.717) is 23.9 Å². The highest BCUT2D eigenvalue weighted by Gasteiger charge is 2.10. The molecule has 0 aliphatic rings. The topological polar surface area (TPSA) is 31.2 Å². The van der Waals surface area contributed by atoms with Crippen LogP contribution < -0.4 is 0 Å². The Kier molecular flexibility index (Phi) is 3.27. The number of aromatic nitrogens is 1. The Bertz CT molecular complexity index is 519. The summed E-state index contributed by atoms with van der Waals surface area (Å²) in [6.45, 7) is 1.17. The van der Waals surface area contributed by atoms with Crippen molar-refractivity contribution in [2.75, 3.05) is 13.7 Å². The van der Waals surface area contributed by atoms with Crippen molar-refractivity contribution in [2.24, 2.45) is 0 Å². The van der Waals surface area contributed by atoms with Crippen molar-refractivity contribution < 1.29 is 9.53 Å². The Labute approximate surface area is 98.6 Å². The van der Waals surface area contributed by atoms with Crippen LogP contribution in [0.4, 0.5) is 0 Å². The zero-order chi connectivity index (χ0) is 11.5. The largest absolute Gasteiger partial charge is 0.383 e. The number of carbonyl (C=O) groups excluding carboxylic acids is 1. The van der Waals surface area contributed by atoms with Crippen molar-refractivity contribution in [3.63, 3.8) is 0 Å². The van der Waals surface area contributed by atoms with E-state index >= 15 is 0 Å². The first-order valence-corrected chi connectivity index (χ1v) is 5.37. The molecule has 4 heteroatoms. The summed E-state index contributed by atoms with van der Waals surface area (Å²) in [5.41, 5.74) is 1.52. The lowest BCUT2D eigenvalue weighted by Gasteiger charge is -2.07. The van der Waals surface area contributed by atoms with E-state index < -0.39 is 0 Å². The van der Waals surface area contributed by atoms with Crippen molar-refractivity contribution >= 4 is 28.8 Å². The minimum atomic E-state index is 0.551. The summed E-state index contributed by atoms with van der Waals surface area (Å²) in [6.07, 6.45) is 0.839. The number of halogens is 1. The highest BCUT2D eigenvalue weighted by Crippen LogP contribution is 2.26. The molecule has 1 heterocycles. The first kappa shape index (κ1) is 11.2. The van der Waals surface area contributed by atoms with Crippen molar-refractivity contribution in [2.45, 2.75) is 6.54 Å². The molecule has 1 aromatic heterocycles. The Morgan fingerprint density at radius 1 is 1.50 bits per heavy atom. The fourth-order valence-electron chi connectivity index (χ4n) is 1.82. The molecule has 16 heavy (non-hydrogen) atoms. The Morgan fingerprint density at radius 2 is 2.31 bits per heavy atom. The van der Waals surface area contributed by atoms with E-state index in [1.807, 2.05) is 28.8 Å². The third-order valence-electron chi connectivity index (χ3n) is 2.54. The van der Waals surface area contributed by atoms with Gasteiger partial charge in [0.25, 0.3) is 0 Å². The Morgan fingerprint density at radius 3 is 3.00 bits per heavy atom. The van der Waals surface area contributed by atoms with Crippen LogP contribution in [0, 0.1) is 0 Å². The molecule has 2 rings (SSSR count). The van der Waals surface area contributed by atoms with Crippen LogP contribution in [0.1, 0.15) is 10.5 Å². The van der Waals surface area contributed by atoms with E-state index in [2.05, 4.69) is 0 Å². The van der Waals surface area contributed by atoms with Crippen LogP contribution >= 0.6 is 11.6 Å². The summed E-state index contributed by atoms with van der Waals surface area (Å²) in [7, 11) is 1.63. The Hall–Kier alpha value is -1.32. The van der Waals surface area contributed by atoms with Gasteiger partial charge in [-0.25, -0.2) is 0 Å². The smallest absolute Gasteiger partial charge is 0.166 e. The first-order chi connectivity index (χ1) is 7.77. The number of hydrogen-bond donors (Lipinski definition) is 0. The molecule has 0 radical (unpaired) electrons. The van der Waals surface area contributed by atoms with Crippen LogP contribution in [0.3, 0.4) is 0 Å². The monoisotopic (exact) mass is 237 g/mol. The molecular weight excluding hydrogens is 226 g/mol. The summed E-state index contributed by atoms with van der Waals surface area (Å²) in [5.74, 6) is 0.